The predicted molar refractivity (Wildman–Crippen MR) is 52.9 cm³/mol. The molecule has 1 aliphatic rings. The van der Waals surface area contributed by atoms with Crippen LogP contribution in [0.3, 0.4) is 0 Å². The van der Waals surface area contributed by atoms with Crippen molar-refractivity contribution in [2.24, 2.45) is 5.73 Å². The first-order valence-electron chi connectivity index (χ1n) is 4.87. The van der Waals surface area contributed by atoms with E-state index in [2.05, 4.69) is 0 Å². The summed E-state index contributed by atoms with van der Waals surface area (Å²) in [6.45, 7) is -0.427. The molecule has 1 aliphatic carbocycles. The van der Waals surface area contributed by atoms with Gasteiger partial charge in [-0.25, -0.2) is 4.39 Å². The minimum Gasteiger partial charge on any atom is -0.489 e. The Bertz CT molecular complexity index is 299. The van der Waals surface area contributed by atoms with Gasteiger partial charge in [-0.15, -0.1) is 0 Å². The average Bonchev–Trinajstić information content (AvgIpc) is 2.24. The minimum absolute atomic E-state index is 0.145. The molecule has 0 amide bonds. The van der Waals surface area contributed by atoms with Crippen LogP contribution in [0.25, 0.3) is 0 Å². The summed E-state index contributed by atoms with van der Waals surface area (Å²) < 4.78 is 17.8. The summed E-state index contributed by atoms with van der Waals surface area (Å²) in [6, 6.07) is 7.22. The maximum atomic E-state index is 12.2. The Hall–Kier alpha value is -1.09. The zero-order valence-electron chi connectivity index (χ0n) is 7.95. The summed E-state index contributed by atoms with van der Waals surface area (Å²) in [5, 5.41) is 0. The first-order chi connectivity index (χ1) is 6.79. The average molecular weight is 195 g/mol. The first kappa shape index (κ1) is 9.46. The molecule has 76 valence electrons. The molecule has 0 aliphatic heterocycles. The van der Waals surface area contributed by atoms with Gasteiger partial charge in [0.05, 0.1) is 0 Å². The van der Waals surface area contributed by atoms with Crippen molar-refractivity contribution in [3.05, 3.63) is 29.8 Å². The lowest BCUT2D eigenvalue weighted by atomic mass is 9.90. The van der Waals surface area contributed by atoms with Gasteiger partial charge in [0.25, 0.3) is 0 Å². The molecular formula is C11H14FNO. The SMILES string of the molecule is NC1CC[C@H]1Oc1ccc(CF)cc1. The van der Waals surface area contributed by atoms with Crippen molar-refractivity contribution in [3.63, 3.8) is 0 Å². The van der Waals surface area contributed by atoms with E-state index in [1.165, 1.54) is 0 Å². The molecule has 2 atom stereocenters. The normalized spacial score (nSPS) is 25.6. The highest BCUT2D eigenvalue weighted by atomic mass is 19.1. The number of alkyl halides is 1. The third-order valence-corrected chi connectivity index (χ3v) is 2.63. The Morgan fingerprint density at radius 2 is 2.00 bits per heavy atom. The molecule has 0 bridgehead atoms. The highest BCUT2D eigenvalue weighted by molar-refractivity contribution is 5.27. The van der Waals surface area contributed by atoms with Gasteiger partial charge >= 0.3 is 0 Å². The minimum atomic E-state index is -0.427. The van der Waals surface area contributed by atoms with Crippen molar-refractivity contribution in [1.82, 2.24) is 0 Å². The molecule has 0 heterocycles. The fraction of sp³-hybridized carbons (Fsp3) is 0.455. The van der Waals surface area contributed by atoms with Crippen LogP contribution in [0.1, 0.15) is 18.4 Å². The molecule has 1 saturated carbocycles. The maximum absolute atomic E-state index is 12.2. The first-order valence-corrected chi connectivity index (χ1v) is 4.87. The van der Waals surface area contributed by atoms with E-state index in [0.29, 0.717) is 5.56 Å². The Labute approximate surface area is 82.9 Å². The van der Waals surface area contributed by atoms with E-state index >= 15 is 0 Å². The Morgan fingerprint density at radius 3 is 2.43 bits per heavy atom. The monoisotopic (exact) mass is 195 g/mol. The molecule has 0 saturated heterocycles. The maximum Gasteiger partial charge on any atom is 0.119 e. The van der Waals surface area contributed by atoms with Crippen LogP contribution < -0.4 is 10.5 Å². The Balaban J connectivity index is 1.96. The van der Waals surface area contributed by atoms with Gasteiger partial charge in [0.1, 0.15) is 18.5 Å². The summed E-state index contributed by atoms with van der Waals surface area (Å²) in [5.74, 6) is 0.780. The van der Waals surface area contributed by atoms with Crippen molar-refractivity contribution in [1.29, 1.82) is 0 Å². The molecule has 3 heteroatoms. The summed E-state index contributed by atoms with van der Waals surface area (Å²) in [5.41, 5.74) is 6.42. The second kappa shape index (κ2) is 3.96. The van der Waals surface area contributed by atoms with E-state index in [1.54, 1.807) is 24.3 Å². The number of nitrogens with two attached hydrogens (primary N) is 1. The molecular weight excluding hydrogens is 181 g/mol. The highest BCUT2D eigenvalue weighted by Gasteiger charge is 2.29. The van der Waals surface area contributed by atoms with Gasteiger partial charge in [-0.1, -0.05) is 12.1 Å². The highest BCUT2D eigenvalue weighted by Crippen LogP contribution is 2.24. The van der Waals surface area contributed by atoms with Crippen LogP contribution in [0.4, 0.5) is 4.39 Å². The third-order valence-electron chi connectivity index (χ3n) is 2.63. The van der Waals surface area contributed by atoms with Gasteiger partial charge in [0, 0.05) is 6.04 Å². The number of rotatable bonds is 3. The second-order valence-electron chi connectivity index (χ2n) is 3.68. The van der Waals surface area contributed by atoms with Crippen LogP contribution in [0.5, 0.6) is 5.75 Å². The van der Waals surface area contributed by atoms with Crippen molar-refractivity contribution in [2.75, 3.05) is 0 Å². The number of ether oxygens (including phenoxy) is 1. The van der Waals surface area contributed by atoms with Gasteiger partial charge in [0.2, 0.25) is 0 Å². The summed E-state index contributed by atoms with van der Waals surface area (Å²) in [4.78, 5) is 0. The predicted octanol–water partition coefficient (Wildman–Crippen LogP) is 2.02. The lowest BCUT2D eigenvalue weighted by Gasteiger charge is -2.33. The van der Waals surface area contributed by atoms with Gasteiger partial charge in [-0.05, 0) is 30.5 Å². The molecule has 1 unspecified atom stereocenters. The van der Waals surface area contributed by atoms with Gasteiger partial charge < -0.3 is 10.5 Å². The van der Waals surface area contributed by atoms with Gasteiger partial charge in [-0.2, -0.15) is 0 Å². The van der Waals surface area contributed by atoms with Crippen molar-refractivity contribution in [3.8, 4) is 5.75 Å². The van der Waals surface area contributed by atoms with Gasteiger partial charge in [0.15, 0.2) is 0 Å². The van der Waals surface area contributed by atoms with Gasteiger partial charge in [-0.3, -0.25) is 0 Å². The molecule has 2 nitrogen and oxygen atoms in total. The molecule has 1 aromatic rings. The summed E-state index contributed by atoms with van der Waals surface area (Å²) in [6.07, 6.45) is 2.20. The summed E-state index contributed by atoms with van der Waals surface area (Å²) in [7, 11) is 0. The zero-order valence-corrected chi connectivity index (χ0v) is 7.95. The van der Waals surface area contributed by atoms with Crippen LogP contribution in [-0.4, -0.2) is 12.1 Å². The molecule has 14 heavy (non-hydrogen) atoms. The molecule has 0 aromatic heterocycles. The number of hydrogen-bond donors (Lipinski definition) is 1. The van der Waals surface area contributed by atoms with E-state index in [0.717, 1.165) is 18.6 Å². The van der Waals surface area contributed by atoms with Crippen molar-refractivity contribution in [2.45, 2.75) is 31.7 Å². The number of halogens is 1. The third kappa shape index (κ3) is 1.87. The topological polar surface area (TPSA) is 35.2 Å². The van der Waals surface area contributed by atoms with E-state index in [1.807, 2.05) is 0 Å². The molecule has 1 aromatic carbocycles. The van der Waals surface area contributed by atoms with Crippen LogP contribution in [-0.2, 0) is 6.67 Å². The van der Waals surface area contributed by atoms with Crippen molar-refractivity contribution >= 4 is 0 Å². The molecule has 0 spiro atoms. The van der Waals surface area contributed by atoms with Crippen LogP contribution in [0.2, 0.25) is 0 Å². The fourth-order valence-corrected chi connectivity index (χ4v) is 1.47. The zero-order chi connectivity index (χ0) is 9.97. The fourth-order valence-electron chi connectivity index (χ4n) is 1.47. The molecule has 2 rings (SSSR count). The van der Waals surface area contributed by atoms with Crippen LogP contribution in [0, 0.1) is 0 Å². The van der Waals surface area contributed by atoms with Crippen LogP contribution in [0.15, 0.2) is 24.3 Å². The quantitative estimate of drug-likeness (QED) is 0.800. The van der Waals surface area contributed by atoms with E-state index in [4.69, 9.17) is 10.5 Å². The Kier molecular flexibility index (Phi) is 2.68. The smallest absolute Gasteiger partial charge is 0.119 e. The summed E-state index contributed by atoms with van der Waals surface area (Å²) >= 11 is 0. The molecule has 2 N–H and O–H groups in total. The van der Waals surface area contributed by atoms with E-state index in [9.17, 15) is 4.39 Å². The Morgan fingerprint density at radius 1 is 1.29 bits per heavy atom. The second-order valence-corrected chi connectivity index (χ2v) is 3.68. The lowest BCUT2D eigenvalue weighted by Crippen LogP contribution is -2.47. The molecule has 1 fully saturated rings. The lowest BCUT2D eigenvalue weighted by molar-refractivity contribution is 0.0932. The van der Waals surface area contributed by atoms with Crippen molar-refractivity contribution < 1.29 is 9.13 Å². The largest absolute Gasteiger partial charge is 0.489 e. The number of benzene rings is 1. The number of hydrogen-bond acceptors (Lipinski definition) is 2. The molecule has 0 radical (unpaired) electrons. The van der Waals surface area contributed by atoms with E-state index in [-0.39, 0.29) is 12.1 Å². The van der Waals surface area contributed by atoms with E-state index < -0.39 is 6.67 Å². The standard InChI is InChI=1S/C11H14FNO/c12-7-8-1-3-9(4-2-8)14-11-6-5-10(11)13/h1-4,10-11H,5-7,13H2/t10?,11-/m1/s1. The van der Waals surface area contributed by atoms with Crippen LogP contribution >= 0.6 is 0 Å².